The van der Waals surface area contributed by atoms with Crippen molar-refractivity contribution in [2.45, 2.75) is 6.54 Å². The fraction of sp³-hybridized carbons (Fsp3) is 0.150. The van der Waals surface area contributed by atoms with E-state index in [1.165, 1.54) is 52.6 Å². The van der Waals surface area contributed by atoms with Crippen LogP contribution >= 0.6 is 0 Å². The number of aromatic nitrogens is 6. The lowest BCUT2D eigenvalue weighted by Gasteiger charge is -2.10. The van der Waals surface area contributed by atoms with Gasteiger partial charge in [0.25, 0.3) is 5.56 Å². The number of hydrogen-bond acceptors (Lipinski definition) is 8. The van der Waals surface area contributed by atoms with E-state index in [4.69, 9.17) is 0 Å². The molecular weight excluding hydrogens is 435 g/mol. The first-order valence-electron chi connectivity index (χ1n) is 9.37. The van der Waals surface area contributed by atoms with Gasteiger partial charge in [-0.1, -0.05) is 6.08 Å². The Kier molecular flexibility index (Phi) is 5.53. The van der Waals surface area contributed by atoms with Gasteiger partial charge in [0.1, 0.15) is 11.2 Å². The van der Waals surface area contributed by atoms with Crippen molar-refractivity contribution in [1.29, 1.82) is 0 Å². The third kappa shape index (κ3) is 4.39. The van der Waals surface area contributed by atoms with Crippen molar-refractivity contribution in [3.8, 4) is 5.82 Å². The highest BCUT2D eigenvalue weighted by Crippen LogP contribution is 2.19. The largest absolute Gasteiger partial charge is 0.324 e. The molecule has 0 atom stereocenters. The molecule has 1 N–H and O–H groups in total. The van der Waals surface area contributed by atoms with E-state index in [0.29, 0.717) is 5.69 Å². The summed E-state index contributed by atoms with van der Waals surface area (Å²) in [7, 11) is -2.46. The van der Waals surface area contributed by atoms with Crippen LogP contribution in [-0.4, -0.2) is 46.0 Å². The molecule has 32 heavy (non-hydrogen) atoms. The smallest absolute Gasteiger partial charge is 0.278 e. The molecule has 0 amide bonds. The Morgan fingerprint density at radius 1 is 1.19 bits per heavy atom. The van der Waals surface area contributed by atoms with E-state index in [-0.39, 0.29) is 46.5 Å². The molecule has 10 nitrogen and oxygen atoms in total. The molecule has 4 rings (SSSR count). The van der Waals surface area contributed by atoms with Crippen LogP contribution < -0.4 is 10.9 Å². The number of rotatable bonds is 6. The Hall–Kier alpha value is -3.93. The van der Waals surface area contributed by atoms with Gasteiger partial charge in [-0.2, -0.15) is 9.35 Å². The molecule has 1 aromatic carbocycles. The molecule has 0 spiro atoms. The number of allylic oxidation sites excluding steroid dienone is 1. The molecule has 0 unspecified atom stereocenters. The molecule has 3 aromatic heterocycles. The number of hydrogen-bond donors (Lipinski definition) is 1. The molecule has 0 saturated heterocycles. The van der Waals surface area contributed by atoms with Crippen molar-refractivity contribution in [3.05, 3.63) is 71.7 Å². The zero-order valence-corrected chi connectivity index (χ0v) is 18.1. The van der Waals surface area contributed by atoms with E-state index in [0.717, 1.165) is 0 Å². The second-order valence-corrected chi connectivity index (χ2v) is 9.60. The monoisotopic (exact) mass is 454 g/mol. The summed E-state index contributed by atoms with van der Waals surface area (Å²) in [6.45, 7) is 3.88. The quantitative estimate of drug-likeness (QED) is 0.445. The summed E-state index contributed by atoms with van der Waals surface area (Å²) >= 11 is 0. The Bertz CT molecular complexity index is 1490. The van der Waals surface area contributed by atoms with Crippen LogP contribution in [0.3, 0.4) is 0 Å². The lowest BCUT2D eigenvalue weighted by atomic mass is 10.3. The number of halogens is 1. The molecule has 0 fully saturated rings. The number of fused-ring (bicyclic) bond motifs is 1. The van der Waals surface area contributed by atoms with Gasteiger partial charge in [-0.3, -0.25) is 9.78 Å². The summed E-state index contributed by atoms with van der Waals surface area (Å²) in [6, 6.07) is 5.70. The summed E-state index contributed by atoms with van der Waals surface area (Å²) in [5.74, 6) is 0.257. The minimum absolute atomic E-state index is 0.163. The molecule has 0 saturated carbocycles. The van der Waals surface area contributed by atoms with Gasteiger partial charge < -0.3 is 5.32 Å². The number of benzene rings is 1. The molecule has 3 heterocycles. The van der Waals surface area contributed by atoms with E-state index in [1.54, 1.807) is 18.2 Å². The normalized spacial score (nSPS) is 11.5. The third-order valence-electron chi connectivity index (χ3n) is 4.22. The minimum Gasteiger partial charge on any atom is -0.324 e. The summed E-state index contributed by atoms with van der Waals surface area (Å²) < 4.78 is 32.2. The van der Waals surface area contributed by atoms with Gasteiger partial charge >= 0.3 is 0 Å². The van der Waals surface area contributed by atoms with Crippen LogP contribution in [0.25, 0.3) is 16.9 Å². The van der Waals surface area contributed by atoms with Gasteiger partial charge in [0.2, 0.25) is 5.95 Å². The van der Waals surface area contributed by atoms with Crippen molar-refractivity contribution < 1.29 is 8.60 Å². The average molecular weight is 454 g/mol. The SMILES string of the molecule is C=CCn1c(=O)c2cnc(Nc3ccc(F)cc3)nc2n1-c1cncc(N=S(C)(C)=O)n1. The van der Waals surface area contributed by atoms with E-state index < -0.39 is 9.73 Å². The highest BCUT2D eigenvalue weighted by atomic mass is 32.2. The second-order valence-electron chi connectivity index (χ2n) is 7.06. The molecule has 0 radical (unpaired) electrons. The lowest BCUT2D eigenvalue weighted by Crippen LogP contribution is -2.22. The Morgan fingerprint density at radius 3 is 2.62 bits per heavy atom. The average Bonchev–Trinajstić information content (AvgIpc) is 3.00. The van der Waals surface area contributed by atoms with E-state index in [2.05, 4.69) is 36.2 Å². The summed E-state index contributed by atoms with van der Waals surface area (Å²) in [4.78, 5) is 30.2. The highest BCUT2D eigenvalue weighted by Gasteiger charge is 2.18. The Morgan fingerprint density at radius 2 is 1.94 bits per heavy atom. The van der Waals surface area contributed by atoms with Gasteiger partial charge in [-0.15, -0.1) is 6.58 Å². The van der Waals surface area contributed by atoms with Gasteiger partial charge in [0, 0.05) is 34.1 Å². The van der Waals surface area contributed by atoms with Gasteiger partial charge in [0.05, 0.1) is 18.9 Å². The Labute approximate surface area is 182 Å². The lowest BCUT2D eigenvalue weighted by molar-refractivity contribution is 0.596. The second kappa shape index (κ2) is 8.30. The first-order chi connectivity index (χ1) is 15.2. The zero-order chi connectivity index (χ0) is 22.9. The van der Waals surface area contributed by atoms with Crippen molar-refractivity contribution >= 4 is 38.2 Å². The maximum Gasteiger partial charge on any atom is 0.278 e. The van der Waals surface area contributed by atoms with Crippen molar-refractivity contribution in [2.75, 3.05) is 17.8 Å². The molecule has 4 aromatic rings. The summed E-state index contributed by atoms with van der Waals surface area (Å²) in [5, 5.41) is 3.24. The predicted molar refractivity (Wildman–Crippen MR) is 121 cm³/mol. The summed E-state index contributed by atoms with van der Waals surface area (Å²) in [6.07, 6.45) is 8.77. The fourth-order valence-electron chi connectivity index (χ4n) is 2.99. The summed E-state index contributed by atoms with van der Waals surface area (Å²) in [5.41, 5.74) is 0.509. The highest BCUT2D eigenvalue weighted by molar-refractivity contribution is 7.92. The van der Waals surface area contributed by atoms with Crippen LogP contribution in [0.15, 0.2) is 64.7 Å². The molecular formula is C20H19FN8O2S. The van der Waals surface area contributed by atoms with Crippen LogP contribution in [0, 0.1) is 5.82 Å². The Balaban J connectivity index is 1.90. The van der Waals surface area contributed by atoms with Crippen LogP contribution in [0.5, 0.6) is 0 Å². The maximum atomic E-state index is 13.2. The van der Waals surface area contributed by atoms with Gasteiger partial charge in [-0.25, -0.2) is 27.9 Å². The van der Waals surface area contributed by atoms with Gasteiger partial charge in [0.15, 0.2) is 17.3 Å². The molecule has 164 valence electrons. The molecule has 0 bridgehead atoms. The van der Waals surface area contributed by atoms with Crippen molar-refractivity contribution in [2.24, 2.45) is 4.36 Å². The predicted octanol–water partition coefficient (Wildman–Crippen LogP) is 2.80. The minimum atomic E-state index is -2.46. The van der Waals surface area contributed by atoms with Crippen LogP contribution in [0.4, 0.5) is 21.8 Å². The van der Waals surface area contributed by atoms with Crippen LogP contribution in [0.1, 0.15) is 0 Å². The number of nitrogens with zero attached hydrogens (tertiary/aromatic N) is 7. The van der Waals surface area contributed by atoms with Gasteiger partial charge in [-0.05, 0) is 24.3 Å². The van der Waals surface area contributed by atoms with E-state index >= 15 is 0 Å². The number of nitrogens with one attached hydrogen (secondary N) is 1. The van der Waals surface area contributed by atoms with Crippen LogP contribution in [-0.2, 0) is 16.3 Å². The van der Waals surface area contributed by atoms with Crippen molar-refractivity contribution in [3.63, 3.8) is 0 Å². The maximum absolute atomic E-state index is 13.2. The molecule has 0 aliphatic heterocycles. The molecule has 12 heteroatoms. The molecule has 0 aliphatic rings. The van der Waals surface area contributed by atoms with E-state index in [1.807, 2.05) is 0 Å². The van der Waals surface area contributed by atoms with E-state index in [9.17, 15) is 13.4 Å². The standard InChI is InChI=1S/C20H19FN8O2S/c1-4-9-28-19(30)15-10-23-20(24-14-7-5-13(21)6-8-14)26-18(15)29(28)17-12-22-11-16(25-17)27-32(2,3)31/h4-8,10-12H,1,9H2,2-3H3,(H,23,24,26). The van der Waals surface area contributed by atoms with Crippen LogP contribution in [0.2, 0.25) is 0 Å². The zero-order valence-electron chi connectivity index (χ0n) is 17.3. The first-order valence-corrected chi connectivity index (χ1v) is 11.7. The topological polar surface area (TPSA) is 120 Å². The number of anilines is 2. The molecule has 0 aliphatic carbocycles. The first kappa shape index (κ1) is 21.3. The fourth-order valence-corrected chi connectivity index (χ4v) is 3.53. The third-order valence-corrected chi connectivity index (χ3v) is 4.84. The van der Waals surface area contributed by atoms with Crippen molar-refractivity contribution in [1.82, 2.24) is 29.3 Å².